The maximum Gasteiger partial charge on any atom is 0.337 e. The average Bonchev–Trinajstić information content (AvgIpc) is 3.19. The number of hydrogen-bond acceptors (Lipinski definition) is 4. The maximum absolute atomic E-state index is 12.8. The van der Waals surface area contributed by atoms with Gasteiger partial charge >= 0.3 is 5.97 Å². The summed E-state index contributed by atoms with van der Waals surface area (Å²) in [4.78, 5) is 39.8. The van der Waals surface area contributed by atoms with Gasteiger partial charge in [-0.25, -0.2) is 4.79 Å². The van der Waals surface area contributed by atoms with Crippen LogP contribution in [0.1, 0.15) is 53.6 Å². The van der Waals surface area contributed by atoms with E-state index in [1.807, 2.05) is 26.8 Å². The Bertz CT molecular complexity index is 1230. The Hall–Kier alpha value is -4.12. The average molecular weight is 418 g/mol. The number of amides is 2. The highest BCUT2D eigenvalue weighted by molar-refractivity contribution is 6.10. The summed E-state index contributed by atoms with van der Waals surface area (Å²) >= 11 is 0. The van der Waals surface area contributed by atoms with Gasteiger partial charge in [0.2, 0.25) is 5.91 Å². The van der Waals surface area contributed by atoms with Crippen molar-refractivity contribution in [3.8, 4) is 6.07 Å². The molecular weight excluding hydrogens is 396 g/mol. The predicted molar refractivity (Wildman–Crippen MR) is 117 cm³/mol. The van der Waals surface area contributed by atoms with E-state index in [0.29, 0.717) is 17.6 Å². The molecule has 0 aliphatic heterocycles. The lowest BCUT2D eigenvalue weighted by molar-refractivity contribution is -0.124. The van der Waals surface area contributed by atoms with Gasteiger partial charge in [-0.15, -0.1) is 0 Å². The smallest absolute Gasteiger partial charge is 0.337 e. The zero-order valence-electron chi connectivity index (χ0n) is 17.4. The number of fused-ring (bicyclic) bond motifs is 1. The van der Waals surface area contributed by atoms with Gasteiger partial charge in [-0.3, -0.25) is 9.59 Å². The first-order valence-corrected chi connectivity index (χ1v) is 9.68. The maximum atomic E-state index is 12.8. The number of benzene rings is 2. The summed E-state index contributed by atoms with van der Waals surface area (Å²) in [5.41, 5.74) is 0.867. The molecule has 8 nitrogen and oxygen atoms in total. The third-order valence-corrected chi connectivity index (χ3v) is 5.27. The number of carboxylic acids is 1. The molecule has 0 saturated heterocycles. The van der Waals surface area contributed by atoms with Crippen molar-refractivity contribution >= 4 is 40.1 Å². The first-order valence-electron chi connectivity index (χ1n) is 9.68. The number of aromatic amines is 1. The van der Waals surface area contributed by atoms with Crippen molar-refractivity contribution in [2.45, 2.75) is 27.2 Å². The number of nitriles is 1. The first kappa shape index (κ1) is 21.6. The molecule has 0 unspecified atom stereocenters. The Morgan fingerprint density at radius 3 is 2.48 bits per heavy atom. The molecule has 1 heterocycles. The quantitative estimate of drug-likeness (QED) is 0.471. The van der Waals surface area contributed by atoms with Gasteiger partial charge in [0.25, 0.3) is 5.91 Å². The van der Waals surface area contributed by atoms with Gasteiger partial charge in [0.15, 0.2) is 0 Å². The number of aromatic nitrogens is 1. The van der Waals surface area contributed by atoms with Gasteiger partial charge < -0.3 is 20.7 Å². The number of anilines is 2. The van der Waals surface area contributed by atoms with Gasteiger partial charge in [-0.2, -0.15) is 5.26 Å². The highest BCUT2D eigenvalue weighted by atomic mass is 16.4. The minimum atomic E-state index is -1.26. The fraction of sp³-hybridized carbons (Fsp3) is 0.217. The molecule has 158 valence electrons. The molecule has 0 aliphatic carbocycles. The molecule has 2 aromatic carbocycles. The Morgan fingerprint density at radius 1 is 1.10 bits per heavy atom. The Kier molecular flexibility index (Phi) is 5.79. The van der Waals surface area contributed by atoms with Crippen molar-refractivity contribution < 1.29 is 19.5 Å². The number of aromatic carboxylic acids is 1. The lowest BCUT2D eigenvalue weighted by Gasteiger charge is -2.21. The van der Waals surface area contributed by atoms with Gasteiger partial charge in [0.1, 0.15) is 5.69 Å². The molecule has 2 amide bonds. The van der Waals surface area contributed by atoms with Gasteiger partial charge in [-0.1, -0.05) is 32.9 Å². The van der Waals surface area contributed by atoms with Gasteiger partial charge in [0, 0.05) is 10.8 Å². The zero-order chi connectivity index (χ0) is 22.8. The van der Waals surface area contributed by atoms with E-state index in [1.54, 1.807) is 24.3 Å². The van der Waals surface area contributed by atoms with Crippen LogP contribution >= 0.6 is 0 Å². The van der Waals surface area contributed by atoms with Crippen LogP contribution in [-0.4, -0.2) is 27.9 Å². The fourth-order valence-electron chi connectivity index (χ4n) is 2.92. The summed E-state index contributed by atoms with van der Waals surface area (Å²) in [7, 11) is 0. The zero-order valence-corrected chi connectivity index (χ0v) is 17.4. The summed E-state index contributed by atoms with van der Waals surface area (Å²) in [6, 6.07) is 12.8. The number of carboxylic acid groups (broad SMARTS) is 1. The molecule has 3 rings (SSSR count). The van der Waals surface area contributed by atoms with Crippen LogP contribution in [0.3, 0.4) is 0 Å². The van der Waals surface area contributed by atoms with Crippen LogP contribution in [-0.2, 0) is 4.79 Å². The number of nitrogens with zero attached hydrogens (tertiary/aromatic N) is 1. The number of para-hydroxylation sites is 1. The molecule has 0 aliphatic rings. The van der Waals surface area contributed by atoms with E-state index >= 15 is 0 Å². The van der Waals surface area contributed by atoms with E-state index in [9.17, 15) is 19.5 Å². The number of hydrogen-bond donors (Lipinski definition) is 4. The Morgan fingerprint density at radius 2 is 1.84 bits per heavy atom. The molecule has 31 heavy (non-hydrogen) atoms. The number of carbonyl (C=O) groups excluding carboxylic acids is 2. The molecule has 0 saturated carbocycles. The highest BCUT2D eigenvalue weighted by Gasteiger charge is 2.26. The van der Waals surface area contributed by atoms with Crippen molar-refractivity contribution in [2.75, 3.05) is 10.6 Å². The second-order valence-corrected chi connectivity index (χ2v) is 7.78. The van der Waals surface area contributed by atoms with Crippen molar-refractivity contribution in [2.24, 2.45) is 5.41 Å². The number of carbonyl (C=O) groups is 3. The number of H-pyrrole nitrogens is 1. The molecule has 8 heteroatoms. The van der Waals surface area contributed by atoms with Crippen molar-refractivity contribution in [3.63, 3.8) is 0 Å². The fourth-order valence-corrected chi connectivity index (χ4v) is 2.92. The van der Waals surface area contributed by atoms with Gasteiger partial charge in [-0.05, 0) is 36.8 Å². The van der Waals surface area contributed by atoms with E-state index in [0.717, 1.165) is 5.39 Å². The molecule has 0 atom stereocenters. The molecule has 4 N–H and O–H groups in total. The summed E-state index contributed by atoms with van der Waals surface area (Å²) in [6.07, 6.45) is 0.670. The van der Waals surface area contributed by atoms with Crippen LogP contribution in [0, 0.1) is 16.7 Å². The van der Waals surface area contributed by atoms with Crippen LogP contribution in [0.2, 0.25) is 0 Å². The number of nitrogens with one attached hydrogen (secondary N) is 3. The Balaban J connectivity index is 1.91. The van der Waals surface area contributed by atoms with E-state index in [-0.39, 0.29) is 28.4 Å². The minimum absolute atomic E-state index is 0.0772. The molecule has 1 aromatic heterocycles. The number of rotatable bonds is 6. The van der Waals surface area contributed by atoms with Crippen LogP contribution < -0.4 is 10.6 Å². The van der Waals surface area contributed by atoms with E-state index in [4.69, 9.17) is 5.26 Å². The lowest BCUT2D eigenvalue weighted by Crippen LogP contribution is -2.30. The summed E-state index contributed by atoms with van der Waals surface area (Å²) < 4.78 is 0. The molecule has 3 aromatic rings. The molecule has 0 radical (unpaired) electrons. The van der Waals surface area contributed by atoms with Crippen LogP contribution in [0.15, 0.2) is 42.5 Å². The van der Waals surface area contributed by atoms with E-state index in [1.165, 1.54) is 18.2 Å². The van der Waals surface area contributed by atoms with E-state index < -0.39 is 17.3 Å². The predicted octanol–water partition coefficient (Wildman–Crippen LogP) is 4.36. The molecule has 0 spiro atoms. The summed E-state index contributed by atoms with van der Waals surface area (Å²) in [6.45, 7) is 5.65. The first-order chi connectivity index (χ1) is 14.7. The monoisotopic (exact) mass is 418 g/mol. The van der Waals surface area contributed by atoms with E-state index in [2.05, 4.69) is 15.6 Å². The third kappa shape index (κ3) is 4.41. The summed E-state index contributed by atoms with van der Waals surface area (Å²) in [5, 5.41) is 24.5. The van der Waals surface area contributed by atoms with Crippen molar-refractivity contribution in [1.82, 2.24) is 4.98 Å². The van der Waals surface area contributed by atoms with Gasteiger partial charge in [0.05, 0.1) is 34.1 Å². The van der Waals surface area contributed by atoms with Crippen LogP contribution in [0.4, 0.5) is 11.4 Å². The molecule has 0 bridgehead atoms. The summed E-state index contributed by atoms with van der Waals surface area (Å²) in [5.74, 6) is -1.94. The topological polar surface area (TPSA) is 135 Å². The molecule has 0 fully saturated rings. The molecular formula is C23H22N4O4. The van der Waals surface area contributed by atoms with Crippen molar-refractivity contribution in [3.05, 3.63) is 59.3 Å². The lowest BCUT2D eigenvalue weighted by atomic mass is 9.89. The normalized spacial score (nSPS) is 11.0. The minimum Gasteiger partial charge on any atom is -0.478 e. The van der Waals surface area contributed by atoms with Crippen LogP contribution in [0.5, 0.6) is 0 Å². The second kappa shape index (κ2) is 8.32. The second-order valence-electron chi connectivity index (χ2n) is 7.78. The highest BCUT2D eigenvalue weighted by Crippen LogP contribution is 2.28. The standard InChI is InChI=1S/C23H22N4O4/c1-4-23(2,3)22(31)27-17-7-5-6-14-11-18(25-19(14)17)20(28)26-16-9-8-13(12-24)10-15(16)21(29)30/h5-11,25H,4H2,1-3H3,(H,26,28)(H,27,31)(H,29,30). The SMILES string of the molecule is CCC(C)(C)C(=O)Nc1cccc2cc(C(=O)Nc3ccc(C#N)cc3C(=O)O)[nH]c12. The third-order valence-electron chi connectivity index (χ3n) is 5.27. The van der Waals surface area contributed by atoms with Crippen LogP contribution in [0.25, 0.3) is 10.9 Å². The largest absolute Gasteiger partial charge is 0.478 e. The van der Waals surface area contributed by atoms with Crippen molar-refractivity contribution in [1.29, 1.82) is 5.26 Å². The Labute approximate surface area is 178 Å².